The van der Waals surface area contributed by atoms with Crippen LogP contribution in [-0.2, 0) is 4.74 Å². The summed E-state index contributed by atoms with van der Waals surface area (Å²) in [6.45, 7) is 3.35. The average Bonchev–Trinajstić information content (AvgIpc) is 3.43. The molecule has 1 saturated heterocycles. The van der Waals surface area contributed by atoms with Crippen LogP contribution >= 0.6 is 0 Å². The lowest BCUT2D eigenvalue weighted by Crippen LogP contribution is -2.36. The Labute approximate surface area is 227 Å². The molecule has 0 amide bonds. The number of ether oxygens (including phenoxy) is 2. The summed E-state index contributed by atoms with van der Waals surface area (Å²) < 4.78 is 14.0. The molecule has 1 saturated carbocycles. The Hall–Kier alpha value is -4.17. The van der Waals surface area contributed by atoms with Crippen molar-refractivity contribution in [1.29, 1.82) is 0 Å². The van der Waals surface area contributed by atoms with Crippen molar-refractivity contribution in [2.24, 2.45) is 0 Å². The molecule has 5 aromatic rings. The van der Waals surface area contributed by atoms with Crippen molar-refractivity contribution >= 4 is 39.1 Å². The van der Waals surface area contributed by atoms with Gasteiger partial charge in [-0.1, -0.05) is 49.6 Å². The van der Waals surface area contributed by atoms with Crippen molar-refractivity contribution in [2.75, 3.05) is 36.5 Å². The molecule has 1 N–H and O–H groups in total. The molecular formula is C31H32N6O2. The summed E-state index contributed by atoms with van der Waals surface area (Å²) in [6.07, 6.45) is 7.96. The number of anilines is 3. The van der Waals surface area contributed by atoms with Crippen LogP contribution in [0.4, 0.5) is 17.2 Å². The van der Waals surface area contributed by atoms with Crippen LogP contribution in [-0.4, -0.2) is 45.8 Å². The van der Waals surface area contributed by atoms with E-state index in [4.69, 9.17) is 24.4 Å². The van der Waals surface area contributed by atoms with E-state index >= 15 is 0 Å². The van der Waals surface area contributed by atoms with Crippen LogP contribution < -0.4 is 15.0 Å². The van der Waals surface area contributed by atoms with Gasteiger partial charge in [0.25, 0.3) is 0 Å². The molecule has 1 aliphatic carbocycles. The Morgan fingerprint density at radius 3 is 2.46 bits per heavy atom. The minimum absolute atomic E-state index is 0.308. The Kier molecular flexibility index (Phi) is 6.46. The van der Waals surface area contributed by atoms with Crippen molar-refractivity contribution in [1.82, 2.24) is 19.5 Å². The first kappa shape index (κ1) is 23.9. The number of hydrogen-bond acceptors (Lipinski definition) is 7. The third-order valence-corrected chi connectivity index (χ3v) is 7.81. The Morgan fingerprint density at radius 2 is 1.64 bits per heavy atom. The van der Waals surface area contributed by atoms with Gasteiger partial charge in [-0.15, -0.1) is 0 Å². The summed E-state index contributed by atoms with van der Waals surface area (Å²) >= 11 is 0. The maximum atomic E-state index is 6.26. The molecule has 7 rings (SSSR count). The zero-order valence-electron chi connectivity index (χ0n) is 21.9. The third kappa shape index (κ3) is 5.00. The number of aromatic nitrogens is 4. The first-order chi connectivity index (χ1) is 19.3. The number of nitrogens with zero attached hydrogens (tertiary/aromatic N) is 5. The molecule has 39 heavy (non-hydrogen) atoms. The van der Waals surface area contributed by atoms with Crippen LogP contribution in [0.3, 0.4) is 0 Å². The summed E-state index contributed by atoms with van der Waals surface area (Å²) in [5.74, 6) is 1.35. The van der Waals surface area contributed by atoms with E-state index in [9.17, 15) is 0 Å². The van der Waals surface area contributed by atoms with E-state index in [1.165, 1.54) is 30.3 Å². The molecule has 8 heteroatoms. The Balaban J connectivity index is 1.23. The van der Waals surface area contributed by atoms with Crippen molar-refractivity contribution in [2.45, 2.75) is 38.1 Å². The maximum Gasteiger partial charge on any atom is 0.326 e. The SMILES string of the molecule is c1ccc2cc(Oc3nc(Nc4ccc(N5CCOCC5)cc4)c4ncn(C5CCCCC5)c4n3)ccc2c1. The lowest BCUT2D eigenvalue weighted by molar-refractivity contribution is 0.122. The molecule has 0 radical (unpaired) electrons. The number of hydrogen-bond donors (Lipinski definition) is 1. The lowest BCUT2D eigenvalue weighted by Gasteiger charge is -2.28. The van der Waals surface area contributed by atoms with Crippen molar-refractivity contribution in [3.8, 4) is 11.8 Å². The molecule has 2 aliphatic rings. The largest absolute Gasteiger partial charge is 0.424 e. The van der Waals surface area contributed by atoms with E-state index in [2.05, 4.69) is 57.2 Å². The van der Waals surface area contributed by atoms with Gasteiger partial charge in [-0.05, 0) is 60.0 Å². The number of benzene rings is 3. The highest BCUT2D eigenvalue weighted by atomic mass is 16.5. The minimum Gasteiger partial charge on any atom is -0.424 e. The smallest absolute Gasteiger partial charge is 0.326 e. The second-order valence-electron chi connectivity index (χ2n) is 10.4. The summed E-state index contributed by atoms with van der Waals surface area (Å²) in [6, 6.07) is 23.4. The molecule has 1 aliphatic heterocycles. The van der Waals surface area contributed by atoms with E-state index in [-0.39, 0.29) is 0 Å². The minimum atomic E-state index is 0.308. The van der Waals surface area contributed by atoms with Gasteiger partial charge < -0.3 is 24.3 Å². The fourth-order valence-corrected chi connectivity index (χ4v) is 5.71. The molecule has 3 aromatic carbocycles. The molecule has 198 valence electrons. The maximum absolute atomic E-state index is 6.26. The van der Waals surface area contributed by atoms with E-state index in [0.29, 0.717) is 23.6 Å². The van der Waals surface area contributed by atoms with Gasteiger partial charge in [0.05, 0.1) is 19.5 Å². The first-order valence-electron chi connectivity index (χ1n) is 13.9. The quantitative estimate of drug-likeness (QED) is 0.262. The van der Waals surface area contributed by atoms with Gasteiger partial charge in [0.15, 0.2) is 17.0 Å². The zero-order chi connectivity index (χ0) is 26.0. The molecule has 2 fully saturated rings. The number of fused-ring (bicyclic) bond motifs is 2. The van der Waals surface area contributed by atoms with Gasteiger partial charge in [0, 0.05) is 30.5 Å². The monoisotopic (exact) mass is 520 g/mol. The number of morpholine rings is 1. The van der Waals surface area contributed by atoms with Crippen LogP contribution in [0.15, 0.2) is 73.1 Å². The van der Waals surface area contributed by atoms with E-state index in [0.717, 1.165) is 61.4 Å². The lowest BCUT2D eigenvalue weighted by atomic mass is 9.95. The van der Waals surface area contributed by atoms with Crippen LogP contribution in [0, 0.1) is 0 Å². The molecule has 3 heterocycles. The van der Waals surface area contributed by atoms with Crippen molar-refractivity contribution in [3.05, 3.63) is 73.1 Å². The molecule has 0 bridgehead atoms. The second-order valence-corrected chi connectivity index (χ2v) is 10.4. The molecule has 2 aromatic heterocycles. The van der Waals surface area contributed by atoms with Crippen molar-refractivity contribution < 1.29 is 9.47 Å². The number of imidazole rings is 1. The highest BCUT2D eigenvalue weighted by Crippen LogP contribution is 2.34. The highest BCUT2D eigenvalue weighted by Gasteiger charge is 2.22. The van der Waals surface area contributed by atoms with Gasteiger partial charge in [0.2, 0.25) is 0 Å². The van der Waals surface area contributed by atoms with E-state index < -0.39 is 0 Å². The molecule has 0 spiro atoms. The number of rotatable bonds is 6. The highest BCUT2D eigenvalue weighted by molar-refractivity contribution is 5.86. The summed E-state index contributed by atoms with van der Waals surface area (Å²) in [5, 5.41) is 5.78. The van der Waals surface area contributed by atoms with Gasteiger partial charge >= 0.3 is 6.01 Å². The van der Waals surface area contributed by atoms with Crippen LogP contribution in [0.1, 0.15) is 38.1 Å². The first-order valence-corrected chi connectivity index (χ1v) is 13.9. The topological polar surface area (TPSA) is 77.3 Å². The van der Waals surface area contributed by atoms with Crippen LogP contribution in [0.25, 0.3) is 21.9 Å². The molecule has 0 unspecified atom stereocenters. The van der Waals surface area contributed by atoms with Gasteiger partial charge in [0.1, 0.15) is 5.75 Å². The van der Waals surface area contributed by atoms with E-state index in [1.54, 1.807) is 0 Å². The normalized spacial score (nSPS) is 16.6. The van der Waals surface area contributed by atoms with Gasteiger partial charge in [-0.3, -0.25) is 0 Å². The Bertz CT molecular complexity index is 1590. The van der Waals surface area contributed by atoms with E-state index in [1.807, 2.05) is 30.6 Å². The molecule has 8 nitrogen and oxygen atoms in total. The van der Waals surface area contributed by atoms with Gasteiger partial charge in [-0.25, -0.2) is 4.98 Å². The fraction of sp³-hybridized carbons (Fsp3) is 0.323. The number of nitrogens with one attached hydrogen (secondary N) is 1. The predicted molar refractivity (Wildman–Crippen MR) is 154 cm³/mol. The summed E-state index contributed by atoms with van der Waals surface area (Å²) in [4.78, 5) is 16.8. The zero-order valence-corrected chi connectivity index (χ0v) is 21.9. The fourth-order valence-electron chi connectivity index (χ4n) is 5.71. The van der Waals surface area contributed by atoms with Crippen molar-refractivity contribution in [3.63, 3.8) is 0 Å². The standard InChI is InChI=1S/C31H32N6O2/c1-2-8-26(9-3-1)37-21-32-28-29(33-24-11-13-25(14-12-24)36-16-18-38-19-17-36)34-31(35-30(28)37)39-27-15-10-22-6-4-5-7-23(22)20-27/h4-7,10-15,20-21,26H,1-3,8-9,16-19H2,(H,33,34,35). The molecular weight excluding hydrogens is 488 g/mol. The predicted octanol–water partition coefficient (Wildman–Crippen LogP) is 6.86. The van der Waals surface area contributed by atoms with Crippen LogP contribution in [0.2, 0.25) is 0 Å². The third-order valence-electron chi connectivity index (χ3n) is 7.81. The van der Waals surface area contributed by atoms with Gasteiger partial charge in [-0.2, -0.15) is 9.97 Å². The Morgan fingerprint density at radius 1 is 0.846 bits per heavy atom. The molecule has 0 atom stereocenters. The van der Waals surface area contributed by atoms with Crippen LogP contribution in [0.5, 0.6) is 11.8 Å². The average molecular weight is 521 g/mol. The summed E-state index contributed by atoms with van der Waals surface area (Å²) in [7, 11) is 0. The second kappa shape index (κ2) is 10.5. The summed E-state index contributed by atoms with van der Waals surface area (Å²) in [5.41, 5.74) is 3.69.